The minimum atomic E-state index is -0.896. The van der Waals surface area contributed by atoms with Crippen LogP contribution < -0.4 is 10.2 Å². The number of alkyl halides is 1. The minimum absolute atomic E-state index is 0.0566. The van der Waals surface area contributed by atoms with Crippen molar-refractivity contribution >= 4 is 39.3 Å². The molecule has 0 spiro atoms. The van der Waals surface area contributed by atoms with Crippen molar-refractivity contribution in [3.8, 4) is 5.75 Å². The van der Waals surface area contributed by atoms with Crippen LogP contribution in [0.5, 0.6) is 5.75 Å². The second-order valence-corrected chi connectivity index (χ2v) is 3.99. The van der Waals surface area contributed by atoms with Gasteiger partial charge in [-0.25, -0.2) is 9.59 Å². The van der Waals surface area contributed by atoms with E-state index in [1.807, 2.05) is 0 Å². The normalized spacial score (nSPS) is 10.7. The Kier molecular flexibility index (Phi) is 7.24. The first-order valence-corrected chi connectivity index (χ1v) is 7.13. The predicted molar refractivity (Wildman–Crippen MR) is 80.6 cm³/mol. The van der Waals surface area contributed by atoms with Gasteiger partial charge in [-0.1, -0.05) is 12.1 Å². The van der Waals surface area contributed by atoms with Crippen molar-refractivity contribution in [1.29, 1.82) is 0 Å². The van der Waals surface area contributed by atoms with E-state index >= 15 is 0 Å². The number of hydrogen-bond donors (Lipinski definition) is 1. The van der Waals surface area contributed by atoms with Crippen molar-refractivity contribution in [3.05, 3.63) is 24.3 Å². The molecule has 0 fully saturated rings. The van der Waals surface area contributed by atoms with Gasteiger partial charge in [-0.2, -0.15) is 5.10 Å². The SMILES string of the molecule is CCOC(=O)/C(=N\Nc1ccccc1OC)C(=O)OCBr. The van der Waals surface area contributed by atoms with Crippen molar-refractivity contribution in [2.75, 3.05) is 24.7 Å². The number of hydrogen-bond acceptors (Lipinski definition) is 7. The van der Waals surface area contributed by atoms with Gasteiger partial charge in [0.2, 0.25) is 0 Å². The summed E-state index contributed by atoms with van der Waals surface area (Å²) in [6.45, 7) is 1.74. The van der Waals surface area contributed by atoms with Crippen LogP contribution >= 0.6 is 15.9 Å². The highest BCUT2D eigenvalue weighted by molar-refractivity contribution is 9.09. The summed E-state index contributed by atoms with van der Waals surface area (Å²) >= 11 is 2.93. The zero-order chi connectivity index (χ0) is 15.7. The first-order chi connectivity index (χ1) is 10.1. The number of para-hydroxylation sites is 2. The molecule has 0 unspecified atom stereocenters. The molecule has 0 amide bonds. The van der Waals surface area contributed by atoms with Gasteiger partial charge < -0.3 is 14.2 Å². The largest absolute Gasteiger partial charge is 0.495 e. The van der Waals surface area contributed by atoms with E-state index in [4.69, 9.17) is 14.2 Å². The quantitative estimate of drug-likeness (QED) is 0.263. The molecule has 8 heteroatoms. The maximum Gasteiger partial charge on any atom is 0.367 e. The average Bonchev–Trinajstić information content (AvgIpc) is 2.48. The van der Waals surface area contributed by atoms with Crippen LogP contribution in [0.4, 0.5) is 5.69 Å². The van der Waals surface area contributed by atoms with Crippen LogP contribution in [0.3, 0.4) is 0 Å². The van der Waals surface area contributed by atoms with Gasteiger partial charge in [0.25, 0.3) is 5.71 Å². The fourth-order valence-electron chi connectivity index (χ4n) is 1.35. The molecule has 0 aliphatic carbocycles. The summed E-state index contributed by atoms with van der Waals surface area (Å²) in [5.74, 6) is -1.25. The molecule has 0 aliphatic heterocycles. The number of esters is 2. The molecule has 0 bridgehead atoms. The zero-order valence-corrected chi connectivity index (χ0v) is 13.2. The second kappa shape index (κ2) is 8.96. The van der Waals surface area contributed by atoms with Gasteiger partial charge in [-0.15, -0.1) is 0 Å². The van der Waals surface area contributed by atoms with Crippen LogP contribution in [0.1, 0.15) is 6.92 Å². The lowest BCUT2D eigenvalue weighted by Crippen LogP contribution is -2.29. The van der Waals surface area contributed by atoms with E-state index in [1.165, 1.54) is 7.11 Å². The highest BCUT2D eigenvalue weighted by atomic mass is 79.9. The van der Waals surface area contributed by atoms with Gasteiger partial charge in [0.1, 0.15) is 11.3 Å². The number of hydrazone groups is 1. The first-order valence-electron chi connectivity index (χ1n) is 6.01. The van der Waals surface area contributed by atoms with Gasteiger partial charge in [0.15, 0.2) is 0 Å². The summed E-state index contributed by atoms with van der Waals surface area (Å²) in [4.78, 5) is 23.4. The van der Waals surface area contributed by atoms with E-state index in [1.54, 1.807) is 31.2 Å². The molecule has 0 radical (unpaired) electrons. The van der Waals surface area contributed by atoms with Crippen LogP contribution in [0.15, 0.2) is 29.4 Å². The molecule has 1 aromatic rings. The fourth-order valence-corrected chi connectivity index (χ4v) is 1.55. The third kappa shape index (κ3) is 5.07. The molecular formula is C13H15BrN2O5. The average molecular weight is 359 g/mol. The Morgan fingerprint density at radius 2 is 1.90 bits per heavy atom. The number of methoxy groups -OCH3 is 1. The summed E-state index contributed by atoms with van der Waals surface area (Å²) in [7, 11) is 1.50. The van der Waals surface area contributed by atoms with E-state index in [0.29, 0.717) is 11.4 Å². The van der Waals surface area contributed by atoms with Crippen LogP contribution in [0, 0.1) is 0 Å². The number of carbonyl (C=O) groups is 2. The Morgan fingerprint density at radius 3 is 2.52 bits per heavy atom. The number of ether oxygens (including phenoxy) is 3. The number of nitrogens with one attached hydrogen (secondary N) is 1. The lowest BCUT2D eigenvalue weighted by Gasteiger charge is -2.09. The minimum Gasteiger partial charge on any atom is -0.495 e. The molecule has 1 N–H and O–H groups in total. The summed E-state index contributed by atoms with van der Waals surface area (Å²) in [6, 6.07) is 6.92. The maximum absolute atomic E-state index is 11.7. The van der Waals surface area contributed by atoms with Crippen LogP contribution in [-0.2, 0) is 19.1 Å². The van der Waals surface area contributed by atoms with Gasteiger partial charge in [0, 0.05) is 0 Å². The van der Waals surface area contributed by atoms with Crippen molar-refractivity contribution < 1.29 is 23.8 Å². The van der Waals surface area contributed by atoms with E-state index in [0.717, 1.165) is 0 Å². The highest BCUT2D eigenvalue weighted by Crippen LogP contribution is 2.22. The predicted octanol–water partition coefficient (Wildman–Crippen LogP) is 1.92. The first kappa shape index (κ1) is 17.0. The molecular weight excluding hydrogens is 344 g/mol. The molecule has 114 valence electrons. The third-order valence-corrected chi connectivity index (χ3v) is 2.47. The lowest BCUT2D eigenvalue weighted by molar-refractivity contribution is -0.139. The van der Waals surface area contributed by atoms with Crippen LogP contribution in [0.2, 0.25) is 0 Å². The molecule has 0 aliphatic rings. The number of rotatable bonds is 7. The van der Waals surface area contributed by atoms with Crippen LogP contribution in [-0.4, -0.2) is 36.9 Å². The Hall–Kier alpha value is -2.09. The summed E-state index contributed by atoms with van der Waals surface area (Å²) in [6.07, 6.45) is 0. The van der Waals surface area contributed by atoms with E-state index in [2.05, 4.69) is 26.5 Å². The van der Waals surface area contributed by atoms with Gasteiger partial charge in [-0.3, -0.25) is 5.43 Å². The summed E-state index contributed by atoms with van der Waals surface area (Å²) in [5, 5.41) is 3.76. The van der Waals surface area contributed by atoms with Gasteiger partial charge in [0.05, 0.1) is 19.4 Å². The number of carbonyl (C=O) groups excluding carboxylic acids is 2. The number of nitrogens with zero attached hydrogens (tertiary/aromatic N) is 1. The molecule has 0 saturated carbocycles. The van der Waals surface area contributed by atoms with Crippen molar-refractivity contribution in [2.24, 2.45) is 5.10 Å². The lowest BCUT2D eigenvalue weighted by atomic mass is 10.3. The molecule has 0 atom stereocenters. The smallest absolute Gasteiger partial charge is 0.367 e. The second-order valence-electron chi connectivity index (χ2n) is 3.53. The number of benzene rings is 1. The molecule has 0 heterocycles. The highest BCUT2D eigenvalue weighted by Gasteiger charge is 2.24. The van der Waals surface area contributed by atoms with Crippen molar-refractivity contribution in [2.45, 2.75) is 6.92 Å². The molecule has 1 aromatic carbocycles. The fraction of sp³-hybridized carbons (Fsp3) is 0.308. The summed E-state index contributed by atoms with van der Waals surface area (Å²) in [5.41, 5.74) is 2.54. The van der Waals surface area contributed by atoms with E-state index in [-0.39, 0.29) is 12.1 Å². The maximum atomic E-state index is 11.7. The summed E-state index contributed by atoms with van der Waals surface area (Å²) < 4.78 is 14.6. The molecule has 21 heavy (non-hydrogen) atoms. The number of anilines is 1. The standard InChI is InChI=1S/C13H15BrN2O5/c1-3-20-12(17)11(13(18)21-8-14)16-15-9-6-4-5-7-10(9)19-2/h4-7,15H,3,8H2,1-2H3/b16-11+. The van der Waals surface area contributed by atoms with E-state index < -0.39 is 17.7 Å². The molecule has 1 rings (SSSR count). The Bertz CT molecular complexity index is 513. The third-order valence-electron chi connectivity index (χ3n) is 2.24. The van der Waals surface area contributed by atoms with Gasteiger partial charge >= 0.3 is 11.9 Å². The Labute approximate surface area is 130 Å². The van der Waals surface area contributed by atoms with Gasteiger partial charge in [-0.05, 0) is 35.0 Å². The van der Waals surface area contributed by atoms with Crippen molar-refractivity contribution in [1.82, 2.24) is 0 Å². The molecule has 0 saturated heterocycles. The molecule has 7 nitrogen and oxygen atoms in total. The monoisotopic (exact) mass is 358 g/mol. The Morgan fingerprint density at radius 1 is 1.24 bits per heavy atom. The Balaban J connectivity index is 2.97. The van der Waals surface area contributed by atoms with E-state index in [9.17, 15) is 9.59 Å². The van der Waals surface area contributed by atoms with Crippen LogP contribution in [0.25, 0.3) is 0 Å². The number of halogens is 1. The zero-order valence-electron chi connectivity index (χ0n) is 11.6. The van der Waals surface area contributed by atoms with Crippen molar-refractivity contribution in [3.63, 3.8) is 0 Å². The topological polar surface area (TPSA) is 86.2 Å². The molecule has 0 aromatic heterocycles.